The van der Waals surface area contributed by atoms with Crippen molar-refractivity contribution in [2.24, 2.45) is 5.73 Å². The fraction of sp³-hybridized carbons (Fsp3) is 0.231. The zero-order valence-corrected chi connectivity index (χ0v) is 14.1. The lowest BCUT2D eigenvalue weighted by molar-refractivity contribution is 0.581. The number of sulfonamides is 1. The molecule has 0 unspecified atom stereocenters. The number of halogens is 1. The molecule has 0 fully saturated rings. The van der Waals surface area contributed by atoms with Gasteiger partial charge in [0, 0.05) is 22.4 Å². The number of thiophene rings is 1. The van der Waals surface area contributed by atoms with Gasteiger partial charge >= 0.3 is 0 Å². The maximum absolute atomic E-state index is 12.4. The van der Waals surface area contributed by atoms with Gasteiger partial charge in [0.25, 0.3) is 0 Å². The third kappa shape index (κ3) is 3.48. The SMILES string of the molecule is Cc1ccc(CN)cc1S(=O)(=O)NCc1sccc1Br. The molecule has 0 atom stereocenters. The Balaban J connectivity index is 2.24. The van der Waals surface area contributed by atoms with E-state index < -0.39 is 10.0 Å². The molecule has 20 heavy (non-hydrogen) atoms. The molecule has 0 saturated carbocycles. The Bertz CT molecular complexity index is 711. The van der Waals surface area contributed by atoms with Crippen molar-refractivity contribution in [1.82, 2.24) is 4.72 Å². The van der Waals surface area contributed by atoms with E-state index in [1.165, 1.54) is 11.3 Å². The minimum Gasteiger partial charge on any atom is -0.326 e. The number of nitrogens with one attached hydrogen (secondary N) is 1. The quantitative estimate of drug-likeness (QED) is 0.844. The molecule has 1 aromatic heterocycles. The van der Waals surface area contributed by atoms with Gasteiger partial charge in [0.1, 0.15) is 0 Å². The van der Waals surface area contributed by atoms with Gasteiger partial charge in [-0.1, -0.05) is 12.1 Å². The van der Waals surface area contributed by atoms with Crippen molar-refractivity contribution < 1.29 is 8.42 Å². The second kappa shape index (κ2) is 6.36. The molecule has 2 aromatic rings. The molecule has 108 valence electrons. The van der Waals surface area contributed by atoms with Crippen LogP contribution in [0.15, 0.2) is 39.0 Å². The first-order valence-electron chi connectivity index (χ1n) is 5.95. The summed E-state index contributed by atoms with van der Waals surface area (Å²) in [4.78, 5) is 1.23. The Morgan fingerprint density at radius 1 is 1.35 bits per heavy atom. The molecule has 0 aliphatic carbocycles. The number of nitrogens with two attached hydrogens (primary N) is 1. The average Bonchev–Trinajstić information content (AvgIpc) is 2.82. The zero-order valence-electron chi connectivity index (χ0n) is 10.9. The van der Waals surface area contributed by atoms with E-state index in [1.54, 1.807) is 19.1 Å². The highest BCUT2D eigenvalue weighted by atomic mass is 79.9. The van der Waals surface area contributed by atoms with Crippen LogP contribution in [0, 0.1) is 6.92 Å². The Hall–Kier alpha value is -0.730. The topological polar surface area (TPSA) is 72.2 Å². The smallest absolute Gasteiger partial charge is 0.241 e. The summed E-state index contributed by atoms with van der Waals surface area (Å²) in [6.07, 6.45) is 0. The van der Waals surface area contributed by atoms with Crippen LogP contribution in [-0.2, 0) is 23.1 Å². The highest BCUT2D eigenvalue weighted by Gasteiger charge is 2.17. The molecule has 2 rings (SSSR count). The van der Waals surface area contributed by atoms with E-state index in [9.17, 15) is 8.42 Å². The molecular formula is C13H15BrN2O2S2. The Morgan fingerprint density at radius 2 is 2.10 bits per heavy atom. The normalized spacial score (nSPS) is 11.8. The summed E-state index contributed by atoms with van der Waals surface area (Å²) in [5, 5.41) is 1.91. The molecule has 3 N–H and O–H groups in total. The number of hydrogen-bond donors (Lipinski definition) is 2. The fourth-order valence-corrected chi connectivity index (χ4v) is 4.56. The summed E-state index contributed by atoms with van der Waals surface area (Å²) < 4.78 is 28.3. The number of hydrogen-bond acceptors (Lipinski definition) is 4. The first kappa shape index (κ1) is 15.7. The highest BCUT2D eigenvalue weighted by molar-refractivity contribution is 9.10. The van der Waals surface area contributed by atoms with E-state index in [1.807, 2.05) is 17.5 Å². The van der Waals surface area contributed by atoms with Crippen molar-refractivity contribution in [1.29, 1.82) is 0 Å². The van der Waals surface area contributed by atoms with Crippen LogP contribution < -0.4 is 10.5 Å². The average molecular weight is 375 g/mol. The summed E-state index contributed by atoms with van der Waals surface area (Å²) >= 11 is 4.89. The molecule has 0 aliphatic rings. The van der Waals surface area contributed by atoms with Gasteiger partial charge in [-0.2, -0.15) is 0 Å². The van der Waals surface area contributed by atoms with Crippen LogP contribution >= 0.6 is 27.3 Å². The van der Waals surface area contributed by atoms with Crippen LogP contribution in [-0.4, -0.2) is 8.42 Å². The lowest BCUT2D eigenvalue weighted by Crippen LogP contribution is -2.24. The van der Waals surface area contributed by atoms with Crippen molar-refractivity contribution in [2.75, 3.05) is 0 Å². The molecule has 7 heteroatoms. The van der Waals surface area contributed by atoms with Gasteiger partial charge in [0.15, 0.2) is 0 Å². The minimum absolute atomic E-state index is 0.271. The lowest BCUT2D eigenvalue weighted by atomic mass is 10.1. The Morgan fingerprint density at radius 3 is 2.70 bits per heavy atom. The van der Waals surface area contributed by atoms with Crippen molar-refractivity contribution in [3.05, 3.63) is 50.1 Å². The summed E-state index contributed by atoms with van der Waals surface area (Å²) in [7, 11) is -3.54. The van der Waals surface area contributed by atoms with E-state index in [0.29, 0.717) is 12.1 Å². The highest BCUT2D eigenvalue weighted by Crippen LogP contribution is 2.23. The summed E-state index contributed by atoms with van der Waals surface area (Å²) in [5.74, 6) is 0. The molecule has 0 saturated heterocycles. The standard InChI is InChI=1S/C13H15BrN2O2S2/c1-9-2-3-10(7-15)6-13(9)20(17,18)16-8-12-11(14)4-5-19-12/h2-6,16H,7-8,15H2,1H3. The van der Waals surface area contributed by atoms with Crippen molar-refractivity contribution in [3.8, 4) is 0 Å². The molecule has 0 radical (unpaired) electrons. The third-order valence-electron chi connectivity index (χ3n) is 2.89. The van der Waals surface area contributed by atoms with Crippen LogP contribution in [0.25, 0.3) is 0 Å². The van der Waals surface area contributed by atoms with Crippen molar-refractivity contribution in [2.45, 2.75) is 24.9 Å². The van der Waals surface area contributed by atoms with Crippen LogP contribution in [0.2, 0.25) is 0 Å². The van der Waals surface area contributed by atoms with E-state index in [0.717, 1.165) is 14.9 Å². The summed E-state index contributed by atoms with van der Waals surface area (Å²) in [5.41, 5.74) is 7.07. The predicted molar refractivity (Wildman–Crippen MR) is 85.1 cm³/mol. The van der Waals surface area contributed by atoms with Crippen LogP contribution in [0.1, 0.15) is 16.0 Å². The largest absolute Gasteiger partial charge is 0.326 e. The minimum atomic E-state index is -3.54. The van der Waals surface area contributed by atoms with E-state index in [4.69, 9.17) is 5.73 Å². The zero-order chi connectivity index (χ0) is 14.8. The molecule has 0 spiro atoms. The number of rotatable bonds is 5. The fourth-order valence-electron chi connectivity index (χ4n) is 1.75. The van der Waals surface area contributed by atoms with Gasteiger partial charge in [-0.25, -0.2) is 13.1 Å². The van der Waals surface area contributed by atoms with E-state index >= 15 is 0 Å². The first-order valence-corrected chi connectivity index (χ1v) is 9.11. The van der Waals surface area contributed by atoms with Crippen LogP contribution in [0.5, 0.6) is 0 Å². The predicted octanol–water partition coefficient (Wildman–Crippen LogP) is 2.76. The van der Waals surface area contributed by atoms with Gasteiger partial charge in [-0.05, 0) is 51.5 Å². The van der Waals surface area contributed by atoms with E-state index in [-0.39, 0.29) is 11.4 Å². The molecule has 0 amide bonds. The lowest BCUT2D eigenvalue weighted by Gasteiger charge is -2.10. The summed E-state index contributed by atoms with van der Waals surface area (Å²) in [6, 6.07) is 7.14. The maximum Gasteiger partial charge on any atom is 0.241 e. The van der Waals surface area contributed by atoms with Crippen molar-refractivity contribution in [3.63, 3.8) is 0 Å². The maximum atomic E-state index is 12.4. The molecular weight excluding hydrogens is 360 g/mol. The van der Waals surface area contributed by atoms with Gasteiger partial charge in [-0.3, -0.25) is 0 Å². The van der Waals surface area contributed by atoms with Crippen LogP contribution in [0.3, 0.4) is 0 Å². The van der Waals surface area contributed by atoms with Gasteiger partial charge in [0.2, 0.25) is 10.0 Å². The van der Waals surface area contributed by atoms with E-state index in [2.05, 4.69) is 20.7 Å². The second-order valence-corrected chi connectivity index (χ2v) is 7.91. The van der Waals surface area contributed by atoms with Gasteiger partial charge in [0.05, 0.1) is 4.90 Å². The van der Waals surface area contributed by atoms with Crippen molar-refractivity contribution >= 4 is 37.3 Å². The molecule has 4 nitrogen and oxygen atoms in total. The Labute approximate surface area is 131 Å². The molecule has 1 aromatic carbocycles. The first-order chi connectivity index (χ1) is 9.44. The molecule has 0 bridgehead atoms. The number of aryl methyl sites for hydroxylation is 1. The van der Waals surface area contributed by atoms with Gasteiger partial charge in [-0.15, -0.1) is 11.3 Å². The Kier molecular flexibility index (Phi) is 4.98. The number of benzene rings is 1. The monoisotopic (exact) mass is 374 g/mol. The second-order valence-electron chi connectivity index (χ2n) is 4.32. The summed E-state index contributed by atoms with van der Waals surface area (Å²) in [6.45, 7) is 2.36. The van der Waals surface area contributed by atoms with Crippen LogP contribution in [0.4, 0.5) is 0 Å². The molecule has 1 heterocycles. The third-order valence-corrected chi connectivity index (χ3v) is 6.36. The van der Waals surface area contributed by atoms with Gasteiger partial charge < -0.3 is 5.73 Å². The molecule has 0 aliphatic heterocycles.